The van der Waals surface area contributed by atoms with E-state index >= 15 is 0 Å². The van der Waals surface area contributed by atoms with Gasteiger partial charge in [-0.15, -0.1) is 0 Å². The van der Waals surface area contributed by atoms with Crippen molar-refractivity contribution in [3.8, 4) is 11.8 Å². The highest BCUT2D eigenvalue weighted by atomic mass is 19.3. The van der Waals surface area contributed by atoms with Crippen LogP contribution in [0, 0.1) is 11.3 Å². The summed E-state index contributed by atoms with van der Waals surface area (Å²) in [6, 6.07) is 14.6. The van der Waals surface area contributed by atoms with Crippen molar-refractivity contribution in [2.45, 2.75) is 33.0 Å². The highest BCUT2D eigenvalue weighted by molar-refractivity contribution is 5.94. The van der Waals surface area contributed by atoms with E-state index in [9.17, 15) is 13.6 Å². The van der Waals surface area contributed by atoms with Crippen LogP contribution in [0.3, 0.4) is 0 Å². The number of carbonyl (C=O) groups is 1. The minimum atomic E-state index is -2.90. The lowest BCUT2D eigenvalue weighted by Crippen LogP contribution is -2.36. The van der Waals surface area contributed by atoms with Crippen molar-refractivity contribution in [2.75, 3.05) is 0 Å². The summed E-state index contributed by atoms with van der Waals surface area (Å²) >= 11 is 0. The average molecular weight is 344 g/mol. The lowest BCUT2D eigenvalue weighted by atomic mass is 10.1. The zero-order valence-corrected chi connectivity index (χ0v) is 13.9. The van der Waals surface area contributed by atoms with Gasteiger partial charge in [0.05, 0.1) is 11.6 Å². The van der Waals surface area contributed by atoms with Crippen LogP contribution in [-0.4, -0.2) is 23.5 Å². The van der Waals surface area contributed by atoms with Crippen molar-refractivity contribution < 1.29 is 18.3 Å². The number of rotatable bonds is 6. The van der Waals surface area contributed by atoms with E-state index in [0.29, 0.717) is 17.7 Å². The summed E-state index contributed by atoms with van der Waals surface area (Å²) < 4.78 is 28.7. The summed E-state index contributed by atoms with van der Waals surface area (Å²) in [5.41, 5.74) is 1.85. The van der Waals surface area contributed by atoms with E-state index in [-0.39, 0.29) is 17.7 Å². The summed E-state index contributed by atoms with van der Waals surface area (Å²) in [6.45, 7) is 1.29. The highest BCUT2D eigenvalue weighted by Crippen LogP contribution is 2.18. The smallest absolute Gasteiger partial charge is 0.387 e. The maximum Gasteiger partial charge on any atom is 0.387 e. The molecule has 0 heterocycles. The Hall–Kier alpha value is -2.94. The van der Waals surface area contributed by atoms with Crippen LogP contribution in [0.5, 0.6) is 5.75 Å². The van der Waals surface area contributed by atoms with Gasteiger partial charge in [0.25, 0.3) is 5.91 Å². The summed E-state index contributed by atoms with van der Waals surface area (Å²) in [7, 11) is 0. The first-order valence-corrected chi connectivity index (χ1v) is 7.75. The molecule has 25 heavy (non-hydrogen) atoms. The van der Waals surface area contributed by atoms with E-state index in [1.54, 1.807) is 29.2 Å². The second-order valence-electron chi connectivity index (χ2n) is 5.74. The van der Waals surface area contributed by atoms with Crippen LogP contribution in [0.1, 0.15) is 35.3 Å². The molecule has 0 fully saturated rings. The van der Waals surface area contributed by atoms with Gasteiger partial charge in [0, 0.05) is 18.2 Å². The van der Waals surface area contributed by atoms with Crippen molar-refractivity contribution in [3.05, 3.63) is 65.2 Å². The molecule has 0 atom stereocenters. The summed E-state index contributed by atoms with van der Waals surface area (Å²) in [5.74, 6) is -0.197. The van der Waals surface area contributed by atoms with Gasteiger partial charge >= 0.3 is 6.61 Å². The first-order valence-electron chi connectivity index (χ1n) is 7.75. The number of amides is 1. The molecule has 0 saturated heterocycles. The first kappa shape index (κ1) is 18.4. The first-order chi connectivity index (χ1) is 11.9. The van der Waals surface area contributed by atoms with E-state index in [4.69, 9.17) is 5.26 Å². The fraction of sp³-hybridized carbons (Fsp3) is 0.263. The molecule has 1 amide bonds. The molecule has 0 saturated carbocycles. The standard InChI is InChI=1S/C19H18F2N2O2/c1-13(2)23(12-15-5-3-14(11-22)4-6-15)18(24)16-7-9-17(10-8-16)25-19(20)21/h3-10,13,19H,12H2,1-2H3. The Labute approximate surface area is 145 Å². The van der Waals surface area contributed by atoms with Gasteiger partial charge in [-0.3, -0.25) is 4.79 Å². The lowest BCUT2D eigenvalue weighted by Gasteiger charge is -2.27. The number of hydrogen-bond donors (Lipinski definition) is 0. The van der Waals surface area contributed by atoms with Crippen LogP contribution in [0.2, 0.25) is 0 Å². The van der Waals surface area contributed by atoms with Crippen LogP contribution in [0.25, 0.3) is 0 Å². The fourth-order valence-electron chi connectivity index (χ4n) is 2.32. The molecule has 0 aliphatic rings. The molecule has 0 bridgehead atoms. The van der Waals surface area contributed by atoms with Gasteiger partial charge in [-0.25, -0.2) is 0 Å². The van der Waals surface area contributed by atoms with Crippen LogP contribution < -0.4 is 4.74 Å². The number of halogens is 2. The third-order valence-corrected chi connectivity index (χ3v) is 3.65. The number of ether oxygens (including phenoxy) is 1. The molecule has 0 N–H and O–H groups in total. The van der Waals surface area contributed by atoms with E-state index in [1.807, 2.05) is 13.8 Å². The predicted molar refractivity (Wildman–Crippen MR) is 89.2 cm³/mol. The Morgan fingerprint density at radius 1 is 1.12 bits per heavy atom. The highest BCUT2D eigenvalue weighted by Gasteiger charge is 2.19. The number of alkyl halides is 2. The van der Waals surface area contributed by atoms with Gasteiger partial charge in [-0.05, 0) is 55.8 Å². The molecule has 2 aromatic rings. The number of carbonyl (C=O) groups excluding carboxylic acids is 1. The maximum absolute atomic E-state index is 12.7. The van der Waals surface area contributed by atoms with E-state index in [1.165, 1.54) is 24.3 Å². The third-order valence-electron chi connectivity index (χ3n) is 3.65. The fourth-order valence-corrected chi connectivity index (χ4v) is 2.32. The third kappa shape index (κ3) is 5.01. The number of hydrogen-bond acceptors (Lipinski definition) is 3. The Kier molecular flexibility index (Phi) is 6.07. The monoisotopic (exact) mass is 344 g/mol. The number of nitrogens with zero attached hydrogens (tertiary/aromatic N) is 2. The lowest BCUT2D eigenvalue weighted by molar-refractivity contribution is -0.0498. The minimum absolute atomic E-state index is 0.00902. The molecule has 130 valence electrons. The average Bonchev–Trinajstić information content (AvgIpc) is 2.59. The number of nitriles is 1. The SMILES string of the molecule is CC(C)N(Cc1ccc(C#N)cc1)C(=O)c1ccc(OC(F)F)cc1. The summed E-state index contributed by atoms with van der Waals surface area (Å²) in [6.07, 6.45) is 0. The van der Waals surface area contributed by atoms with Gasteiger partial charge in [-0.1, -0.05) is 12.1 Å². The van der Waals surface area contributed by atoms with Gasteiger partial charge in [0.1, 0.15) is 5.75 Å². The van der Waals surface area contributed by atoms with E-state index < -0.39 is 6.61 Å². The molecule has 0 aromatic heterocycles. The Bertz CT molecular complexity index is 750. The van der Waals surface area contributed by atoms with Gasteiger partial charge < -0.3 is 9.64 Å². The van der Waals surface area contributed by atoms with Gasteiger partial charge in [0.15, 0.2) is 0 Å². The quantitative estimate of drug-likeness (QED) is 0.789. The Balaban J connectivity index is 2.15. The van der Waals surface area contributed by atoms with Gasteiger partial charge in [-0.2, -0.15) is 14.0 Å². The maximum atomic E-state index is 12.7. The number of benzene rings is 2. The zero-order chi connectivity index (χ0) is 18.4. The predicted octanol–water partition coefficient (Wildman–Crippen LogP) is 4.21. The van der Waals surface area contributed by atoms with Crippen LogP contribution in [-0.2, 0) is 6.54 Å². The molecule has 0 aliphatic carbocycles. The molecular weight excluding hydrogens is 326 g/mol. The molecule has 6 heteroatoms. The van der Waals surface area contributed by atoms with Crippen LogP contribution in [0.4, 0.5) is 8.78 Å². The summed E-state index contributed by atoms with van der Waals surface area (Å²) in [4.78, 5) is 14.4. The second-order valence-corrected chi connectivity index (χ2v) is 5.74. The zero-order valence-electron chi connectivity index (χ0n) is 13.9. The minimum Gasteiger partial charge on any atom is -0.435 e. The van der Waals surface area contributed by atoms with Crippen molar-refractivity contribution in [1.82, 2.24) is 4.90 Å². The van der Waals surface area contributed by atoms with Crippen molar-refractivity contribution in [2.24, 2.45) is 0 Å². The topological polar surface area (TPSA) is 53.3 Å². The Morgan fingerprint density at radius 2 is 1.72 bits per heavy atom. The molecule has 0 unspecified atom stereocenters. The molecule has 2 rings (SSSR count). The summed E-state index contributed by atoms with van der Waals surface area (Å²) in [5, 5.41) is 8.84. The molecule has 0 spiro atoms. The molecular formula is C19H18F2N2O2. The molecule has 4 nitrogen and oxygen atoms in total. The largest absolute Gasteiger partial charge is 0.435 e. The second kappa shape index (κ2) is 8.25. The van der Waals surface area contributed by atoms with E-state index in [0.717, 1.165) is 5.56 Å². The van der Waals surface area contributed by atoms with Gasteiger partial charge in [0.2, 0.25) is 0 Å². The molecule has 0 aliphatic heterocycles. The van der Waals surface area contributed by atoms with Crippen LogP contribution in [0.15, 0.2) is 48.5 Å². The van der Waals surface area contributed by atoms with E-state index in [2.05, 4.69) is 10.8 Å². The van der Waals surface area contributed by atoms with Crippen molar-refractivity contribution in [1.29, 1.82) is 5.26 Å². The molecule has 2 aromatic carbocycles. The van der Waals surface area contributed by atoms with Crippen molar-refractivity contribution >= 4 is 5.91 Å². The molecule has 0 radical (unpaired) electrons. The Morgan fingerprint density at radius 3 is 2.20 bits per heavy atom. The van der Waals surface area contributed by atoms with Crippen molar-refractivity contribution in [3.63, 3.8) is 0 Å². The van der Waals surface area contributed by atoms with Crippen LogP contribution >= 0.6 is 0 Å². The normalized spacial score (nSPS) is 10.6.